The van der Waals surface area contributed by atoms with E-state index in [2.05, 4.69) is 0 Å². The molecule has 0 bridgehead atoms. The Morgan fingerprint density at radius 2 is 2.14 bits per heavy atom. The molecule has 1 aromatic carbocycles. The Bertz CT molecular complexity index is 906. The maximum absolute atomic E-state index is 11.5. The molecule has 2 aromatic heterocycles. The number of aryl methyl sites for hydroxylation is 1. The zero-order chi connectivity index (χ0) is 15.9. The van der Waals surface area contributed by atoms with Crippen LogP contribution < -0.4 is 17.2 Å². The van der Waals surface area contributed by atoms with E-state index in [9.17, 15) is 9.59 Å². The molecule has 3 aromatic rings. The molecule has 0 spiro atoms. The fourth-order valence-electron chi connectivity index (χ4n) is 2.24. The molecule has 0 aliphatic carbocycles. The molecule has 6 nitrogen and oxygen atoms in total. The van der Waals surface area contributed by atoms with Crippen molar-refractivity contribution in [2.75, 3.05) is 0 Å². The van der Waals surface area contributed by atoms with Crippen molar-refractivity contribution in [3.63, 3.8) is 0 Å². The van der Waals surface area contributed by atoms with E-state index >= 15 is 0 Å². The van der Waals surface area contributed by atoms with Crippen molar-refractivity contribution >= 4 is 28.3 Å². The monoisotopic (exact) mass is 317 g/mol. The first kappa shape index (κ1) is 14.6. The molecule has 4 N–H and O–H groups in total. The zero-order valence-electron chi connectivity index (χ0n) is 11.9. The van der Waals surface area contributed by atoms with Gasteiger partial charge in [0, 0.05) is 23.2 Å². The molecule has 0 radical (unpaired) electrons. The van der Waals surface area contributed by atoms with Crippen LogP contribution in [0.2, 0.25) is 0 Å². The minimum atomic E-state index is -0.677. The van der Waals surface area contributed by atoms with E-state index in [1.54, 1.807) is 24.5 Å². The van der Waals surface area contributed by atoms with Crippen molar-refractivity contribution in [1.29, 1.82) is 0 Å². The summed E-state index contributed by atoms with van der Waals surface area (Å²) in [6, 6.07) is 8.80. The number of nitrogens with zero attached hydrogens (tertiary/aromatic N) is 1. The number of aromatic nitrogens is 1. The SMILES string of the molecule is Cn1c(=O)oc2ccc(-c3ccc(C[C@H](N)C(N)=O)s3)cc21. The molecule has 2 heterocycles. The smallest absolute Gasteiger partial charge is 0.408 e. The van der Waals surface area contributed by atoms with Crippen LogP contribution in [0.25, 0.3) is 21.5 Å². The number of thiophene rings is 1. The van der Waals surface area contributed by atoms with Gasteiger partial charge in [-0.3, -0.25) is 9.36 Å². The highest BCUT2D eigenvalue weighted by atomic mass is 32.1. The van der Waals surface area contributed by atoms with E-state index in [1.165, 1.54) is 4.57 Å². The molecule has 0 aliphatic heterocycles. The fraction of sp³-hybridized carbons (Fsp3) is 0.200. The van der Waals surface area contributed by atoms with E-state index in [1.807, 2.05) is 24.3 Å². The Balaban J connectivity index is 1.94. The van der Waals surface area contributed by atoms with Gasteiger partial charge < -0.3 is 15.9 Å². The fourth-order valence-corrected chi connectivity index (χ4v) is 3.30. The molecule has 1 atom stereocenters. The van der Waals surface area contributed by atoms with Crippen LogP contribution in [-0.4, -0.2) is 16.5 Å². The van der Waals surface area contributed by atoms with Gasteiger partial charge >= 0.3 is 5.76 Å². The predicted octanol–water partition coefficient (Wildman–Crippen LogP) is 1.22. The molecule has 0 saturated heterocycles. The van der Waals surface area contributed by atoms with Gasteiger partial charge in [0.2, 0.25) is 5.91 Å². The van der Waals surface area contributed by atoms with Crippen molar-refractivity contribution in [2.24, 2.45) is 18.5 Å². The second-order valence-corrected chi connectivity index (χ2v) is 6.26. The largest absolute Gasteiger partial charge is 0.419 e. The Labute approximate surface area is 129 Å². The van der Waals surface area contributed by atoms with E-state index in [4.69, 9.17) is 15.9 Å². The standard InChI is InChI=1S/C15H15N3O3S/c1-18-11-6-8(2-4-12(11)21-15(18)20)13-5-3-9(22-13)7-10(16)14(17)19/h2-6,10H,7,16H2,1H3,(H2,17,19)/t10-/m0/s1. The lowest BCUT2D eigenvalue weighted by atomic mass is 10.1. The molecule has 1 amide bonds. The summed E-state index contributed by atoms with van der Waals surface area (Å²) < 4.78 is 6.59. The summed E-state index contributed by atoms with van der Waals surface area (Å²) in [5, 5.41) is 0. The molecule has 3 rings (SSSR count). The normalized spacial score (nSPS) is 12.6. The van der Waals surface area contributed by atoms with Crippen LogP contribution >= 0.6 is 11.3 Å². The van der Waals surface area contributed by atoms with Crippen LogP contribution in [0.5, 0.6) is 0 Å². The summed E-state index contributed by atoms with van der Waals surface area (Å²) in [4.78, 5) is 24.6. The Kier molecular flexibility index (Phi) is 3.59. The number of oxazole rings is 1. The maximum atomic E-state index is 11.5. The lowest BCUT2D eigenvalue weighted by Gasteiger charge is -2.04. The molecule has 22 heavy (non-hydrogen) atoms. The second-order valence-electron chi connectivity index (χ2n) is 5.09. The third-order valence-electron chi connectivity index (χ3n) is 3.52. The van der Waals surface area contributed by atoms with Gasteiger partial charge in [-0.15, -0.1) is 11.3 Å². The van der Waals surface area contributed by atoms with E-state index in [0.29, 0.717) is 12.0 Å². The summed E-state index contributed by atoms with van der Waals surface area (Å²) in [5.74, 6) is -0.892. The van der Waals surface area contributed by atoms with Crippen molar-refractivity contribution < 1.29 is 9.21 Å². The topological polar surface area (TPSA) is 104 Å². The molecule has 0 aliphatic rings. The van der Waals surface area contributed by atoms with Crippen molar-refractivity contribution in [2.45, 2.75) is 12.5 Å². The van der Waals surface area contributed by atoms with Gasteiger partial charge in [0.1, 0.15) is 0 Å². The average molecular weight is 317 g/mol. The second kappa shape index (κ2) is 5.43. The zero-order valence-corrected chi connectivity index (χ0v) is 12.7. The number of nitrogens with two attached hydrogens (primary N) is 2. The lowest BCUT2D eigenvalue weighted by molar-refractivity contribution is -0.119. The average Bonchev–Trinajstić information content (AvgIpc) is 3.05. The van der Waals surface area contributed by atoms with Gasteiger partial charge in [0.05, 0.1) is 11.6 Å². The van der Waals surface area contributed by atoms with Crippen molar-refractivity contribution in [3.8, 4) is 10.4 Å². The number of carbonyl (C=O) groups excluding carboxylic acids is 1. The van der Waals surface area contributed by atoms with Gasteiger partial charge in [-0.25, -0.2) is 4.79 Å². The number of amides is 1. The van der Waals surface area contributed by atoms with Gasteiger partial charge in [0.15, 0.2) is 5.58 Å². The third-order valence-corrected chi connectivity index (χ3v) is 4.68. The lowest BCUT2D eigenvalue weighted by Crippen LogP contribution is -2.37. The first-order chi connectivity index (χ1) is 10.5. The number of primary amides is 1. The van der Waals surface area contributed by atoms with Crippen LogP contribution in [0, 0.1) is 0 Å². The summed E-state index contributed by atoms with van der Waals surface area (Å²) in [7, 11) is 1.67. The molecule has 114 valence electrons. The minimum absolute atomic E-state index is 0.383. The highest BCUT2D eigenvalue weighted by Crippen LogP contribution is 2.30. The number of carbonyl (C=O) groups is 1. The molecular weight excluding hydrogens is 302 g/mol. The van der Waals surface area contributed by atoms with E-state index < -0.39 is 11.9 Å². The van der Waals surface area contributed by atoms with E-state index in [-0.39, 0.29) is 5.76 Å². The maximum Gasteiger partial charge on any atom is 0.419 e. The van der Waals surface area contributed by atoms with Crippen LogP contribution in [0.1, 0.15) is 4.88 Å². The van der Waals surface area contributed by atoms with Crippen LogP contribution in [0.15, 0.2) is 39.5 Å². The van der Waals surface area contributed by atoms with Gasteiger partial charge in [-0.1, -0.05) is 0 Å². The summed E-state index contributed by atoms with van der Waals surface area (Å²) >= 11 is 1.55. The Hall–Kier alpha value is -2.38. The molecule has 0 unspecified atom stereocenters. The number of benzene rings is 1. The van der Waals surface area contributed by atoms with Gasteiger partial charge in [-0.05, 0) is 35.9 Å². The predicted molar refractivity (Wildman–Crippen MR) is 85.6 cm³/mol. The van der Waals surface area contributed by atoms with Crippen LogP contribution in [0.4, 0.5) is 0 Å². The first-order valence-electron chi connectivity index (χ1n) is 6.69. The first-order valence-corrected chi connectivity index (χ1v) is 7.51. The molecule has 0 fully saturated rings. The Morgan fingerprint density at radius 3 is 2.86 bits per heavy atom. The highest BCUT2D eigenvalue weighted by Gasteiger charge is 2.13. The van der Waals surface area contributed by atoms with E-state index in [0.717, 1.165) is 20.8 Å². The number of hydrogen-bond donors (Lipinski definition) is 2. The molecule has 0 saturated carbocycles. The molecular formula is C15H15N3O3S. The Morgan fingerprint density at radius 1 is 1.36 bits per heavy atom. The highest BCUT2D eigenvalue weighted by molar-refractivity contribution is 7.15. The third kappa shape index (κ3) is 2.56. The van der Waals surface area contributed by atoms with Crippen molar-refractivity contribution in [1.82, 2.24) is 4.57 Å². The van der Waals surface area contributed by atoms with Crippen LogP contribution in [0.3, 0.4) is 0 Å². The summed E-state index contributed by atoms with van der Waals surface area (Å²) in [5.41, 5.74) is 13.1. The van der Waals surface area contributed by atoms with Crippen LogP contribution in [-0.2, 0) is 18.3 Å². The number of hydrogen-bond acceptors (Lipinski definition) is 5. The number of fused-ring (bicyclic) bond motifs is 1. The summed E-state index contributed by atoms with van der Waals surface area (Å²) in [6.45, 7) is 0. The van der Waals surface area contributed by atoms with Gasteiger partial charge in [-0.2, -0.15) is 0 Å². The van der Waals surface area contributed by atoms with Gasteiger partial charge in [0.25, 0.3) is 0 Å². The van der Waals surface area contributed by atoms with Crippen molar-refractivity contribution in [3.05, 3.63) is 45.8 Å². The number of rotatable bonds is 4. The minimum Gasteiger partial charge on any atom is -0.408 e. The quantitative estimate of drug-likeness (QED) is 0.754. The summed E-state index contributed by atoms with van der Waals surface area (Å²) in [6.07, 6.45) is 0.423. The molecule has 7 heteroatoms.